The smallest absolute Gasteiger partial charge is 0.252 e. The maximum Gasteiger partial charge on any atom is 0.252 e. The lowest BCUT2D eigenvalue weighted by molar-refractivity contribution is -0.126. The minimum absolute atomic E-state index is 0.00569. The molecule has 0 saturated carbocycles. The summed E-state index contributed by atoms with van der Waals surface area (Å²) in [5.74, 6) is 0.781. The van der Waals surface area contributed by atoms with Crippen molar-refractivity contribution >= 4 is 38.9 Å². The summed E-state index contributed by atoms with van der Waals surface area (Å²) in [6.07, 6.45) is 1.44. The summed E-state index contributed by atoms with van der Waals surface area (Å²) >= 11 is 6.96. The van der Waals surface area contributed by atoms with Gasteiger partial charge in [0.25, 0.3) is 10.0 Å². The first-order valence-electron chi connectivity index (χ1n) is 10.5. The van der Waals surface area contributed by atoms with Crippen LogP contribution in [0.5, 0.6) is 5.75 Å². The standard InChI is InChI=1S/C22H29ClN2O4S2/c1-15(2)29-19-6-4-17(5-7-19)14-24-22(26)16(3)18-10-12-25(13-11-18)31(27,28)21-9-8-20(23)30-21/h4-9,15-16,18H,10-14H2,1-3H3,(H,24,26)/t16-/m1/s1. The number of amides is 1. The molecule has 1 aromatic carbocycles. The maximum atomic E-state index is 12.7. The fourth-order valence-electron chi connectivity index (χ4n) is 3.70. The van der Waals surface area contributed by atoms with Crippen LogP contribution in [-0.2, 0) is 21.4 Å². The predicted octanol–water partition coefficient (Wildman–Crippen LogP) is 4.54. The van der Waals surface area contributed by atoms with E-state index in [-0.39, 0.29) is 28.1 Å². The fraction of sp³-hybridized carbons (Fsp3) is 0.500. The van der Waals surface area contributed by atoms with E-state index in [0.29, 0.717) is 36.8 Å². The average molecular weight is 485 g/mol. The van der Waals surface area contributed by atoms with Crippen LogP contribution < -0.4 is 10.1 Å². The molecule has 1 aliphatic heterocycles. The molecule has 1 aromatic heterocycles. The van der Waals surface area contributed by atoms with E-state index >= 15 is 0 Å². The van der Waals surface area contributed by atoms with Crippen molar-refractivity contribution < 1.29 is 17.9 Å². The molecule has 31 heavy (non-hydrogen) atoms. The molecule has 1 amide bonds. The Bertz CT molecular complexity index is 981. The van der Waals surface area contributed by atoms with Gasteiger partial charge >= 0.3 is 0 Å². The Hall–Kier alpha value is -1.61. The normalized spacial score (nSPS) is 16.9. The zero-order valence-corrected chi connectivity index (χ0v) is 20.4. The highest BCUT2D eigenvalue weighted by molar-refractivity contribution is 7.91. The summed E-state index contributed by atoms with van der Waals surface area (Å²) in [4.78, 5) is 12.7. The Kier molecular flexibility index (Phi) is 8.02. The number of nitrogens with zero attached hydrogens (tertiary/aromatic N) is 1. The van der Waals surface area contributed by atoms with Crippen molar-refractivity contribution in [1.82, 2.24) is 9.62 Å². The van der Waals surface area contributed by atoms with E-state index in [0.717, 1.165) is 22.6 Å². The Labute approximate surface area is 193 Å². The van der Waals surface area contributed by atoms with Gasteiger partial charge < -0.3 is 10.1 Å². The van der Waals surface area contributed by atoms with E-state index in [4.69, 9.17) is 16.3 Å². The molecule has 1 fully saturated rings. The Balaban J connectivity index is 1.48. The molecule has 0 unspecified atom stereocenters. The number of carbonyl (C=O) groups excluding carboxylic acids is 1. The first-order chi connectivity index (χ1) is 14.7. The van der Waals surface area contributed by atoms with Crippen molar-refractivity contribution in [3.63, 3.8) is 0 Å². The van der Waals surface area contributed by atoms with Gasteiger partial charge in [-0.05, 0) is 62.4 Å². The number of hydrogen-bond donors (Lipinski definition) is 1. The first kappa shape index (κ1) is 24.0. The van der Waals surface area contributed by atoms with Crippen LogP contribution in [0.3, 0.4) is 0 Å². The second kappa shape index (κ2) is 10.3. The van der Waals surface area contributed by atoms with E-state index in [9.17, 15) is 13.2 Å². The summed E-state index contributed by atoms with van der Waals surface area (Å²) in [6, 6.07) is 10.9. The highest BCUT2D eigenvalue weighted by Crippen LogP contribution is 2.32. The molecule has 2 heterocycles. The molecular weight excluding hydrogens is 456 g/mol. The van der Waals surface area contributed by atoms with Crippen LogP contribution in [0.2, 0.25) is 4.34 Å². The molecule has 170 valence electrons. The zero-order chi connectivity index (χ0) is 22.6. The lowest BCUT2D eigenvalue weighted by Gasteiger charge is -2.33. The van der Waals surface area contributed by atoms with Crippen LogP contribution in [-0.4, -0.2) is 37.8 Å². The highest BCUT2D eigenvalue weighted by atomic mass is 35.5. The number of carbonyl (C=O) groups is 1. The first-order valence-corrected chi connectivity index (χ1v) is 13.1. The third-order valence-corrected chi connectivity index (χ3v) is 9.12. The molecule has 1 N–H and O–H groups in total. The van der Waals surface area contributed by atoms with Crippen LogP contribution in [0.1, 0.15) is 39.2 Å². The van der Waals surface area contributed by atoms with Crippen LogP contribution in [0.25, 0.3) is 0 Å². The largest absolute Gasteiger partial charge is 0.491 e. The average Bonchev–Trinajstić information content (AvgIpc) is 3.19. The van der Waals surface area contributed by atoms with Crippen LogP contribution in [0.15, 0.2) is 40.6 Å². The third-order valence-electron chi connectivity index (χ3n) is 5.52. The maximum absolute atomic E-state index is 12.7. The quantitative estimate of drug-likeness (QED) is 0.596. The van der Waals surface area contributed by atoms with Gasteiger partial charge in [-0.3, -0.25) is 4.79 Å². The molecule has 2 aromatic rings. The van der Waals surface area contributed by atoms with Crippen LogP contribution >= 0.6 is 22.9 Å². The van der Waals surface area contributed by atoms with Crippen molar-refractivity contribution in [1.29, 1.82) is 0 Å². The number of halogens is 1. The lowest BCUT2D eigenvalue weighted by atomic mass is 9.85. The van der Waals surface area contributed by atoms with Crippen molar-refractivity contribution in [3.8, 4) is 5.75 Å². The molecule has 1 saturated heterocycles. The molecule has 3 rings (SSSR count). The van der Waals surface area contributed by atoms with E-state index < -0.39 is 10.0 Å². The van der Waals surface area contributed by atoms with Gasteiger partial charge in [-0.1, -0.05) is 30.7 Å². The Morgan fingerprint density at radius 2 is 1.81 bits per heavy atom. The van der Waals surface area contributed by atoms with Gasteiger partial charge in [-0.25, -0.2) is 8.42 Å². The van der Waals surface area contributed by atoms with E-state index in [2.05, 4.69) is 5.32 Å². The second-order valence-corrected chi connectivity index (χ2v) is 12.0. The summed E-state index contributed by atoms with van der Waals surface area (Å²) < 4.78 is 33.3. The van der Waals surface area contributed by atoms with E-state index in [1.54, 1.807) is 12.1 Å². The van der Waals surface area contributed by atoms with Crippen molar-refractivity contribution in [2.45, 2.75) is 50.5 Å². The third kappa shape index (κ3) is 6.22. The molecule has 0 bridgehead atoms. The van der Waals surface area contributed by atoms with E-state index in [1.165, 1.54) is 4.31 Å². The summed E-state index contributed by atoms with van der Waals surface area (Å²) in [6.45, 7) is 7.16. The molecule has 9 heteroatoms. The number of nitrogens with one attached hydrogen (secondary N) is 1. The van der Waals surface area contributed by atoms with Crippen LogP contribution in [0, 0.1) is 11.8 Å². The fourth-order valence-corrected chi connectivity index (χ4v) is 6.81. The van der Waals surface area contributed by atoms with Crippen molar-refractivity contribution in [3.05, 3.63) is 46.3 Å². The predicted molar refractivity (Wildman–Crippen MR) is 124 cm³/mol. The number of sulfonamides is 1. The summed E-state index contributed by atoms with van der Waals surface area (Å²) in [5.41, 5.74) is 1.01. The summed E-state index contributed by atoms with van der Waals surface area (Å²) in [5, 5.41) is 3.00. The monoisotopic (exact) mass is 484 g/mol. The van der Waals surface area contributed by atoms with Gasteiger partial charge in [0, 0.05) is 25.6 Å². The number of rotatable bonds is 8. The zero-order valence-electron chi connectivity index (χ0n) is 18.0. The van der Waals surface area contributed by atoms with E-state index in [1.807, 2.05) is 45.0 Å². The van der Waals surface area contributed by atoms with Gasteiger partial charge in [0.15, 0.2) is 0 Å². The molecule has 6 nitrogen and oxygen atoms in total. The molecule has 1 atom stereocenters. The topological polar surface area (TPSA) is 75.7 Å². The SMILES string of the molecule is CC(C)Oc1ccc(CNC(=O)[C@H](C)C2CCN(S(=O)(=O)c3ccc(Cl)s3)CC2)cc1. The highest BCUT2D eigenvalue weighted by Gasteiger charge is 2.34. The van der Waals surface area contributed by atoms with Crippen LogP contribution in [0.4, 0.5) is 0 Å². The molecule has 0 radical (unpaired) electrons. The number of benzene rings is 1. The molecule has 1 aliphatic rings. The second-order valence-electron chi connectivity index (χ2n) is 8.12. The van der Waals surface area contributed by atoms with Gasteiger partial charge in [0.2, 0.25) is 5.91 Å². The number of thiophene rings is 1. The molecule has 0 spiro atoms. The number of hydrogen-bond acceptors (Lipinski definition) is 5. The Morgan fingerprint density at radius 3 is 2.35 bits per heavy atom. The van der Waals surface area contributed by atoms with Crippen molar-refractivity contribution in [2.24, 2.45) is 11.8 Å². The van der Waals surface area contributed by atoms with Gasteiger partial charge in [-0.2, -0.15) is 4.31 Å². The number of piperidine rings is 1. The van der Waals surface area contributed by atoms with Crippen molar-refractivity contribution in [2.75, 3.05) is 13.1 Å². The number of ether oxygens (including phenoxy) is 1. The van der Waals surface area contributed by atoms with Gasteiger partial charge in [0.1, 0.15) is 9.96 Å². The minimum atomic E-state index is -3.51. The lowest BCUT2D eigenvalue weighted by Crippen LogP contribution is -2.42. The molecule has 0 aliphatic carbocycles. The minimum Gasteiger partial charge on any atom is -0.491 e. The summed E-state index contributed by atoms with van der Waals surface area (Å²) in [7, 11) is -3.51. The van der Waals surface area contributed by atoms with Gasteiger partial charge in [-0.15, -0.1) is 11.3 Å². The van der Waals surface area contributed by atoms with Gasteiger partial charge in [0.05, 0.1) is 10.4 Å². The Morgan fingerprint density at radius 1 is 1.16 bits per heavy atom. The molecular formula is C22H29ClN2O4S2.